The van der Waals surface area contributed by atoms with Gasteiger partial charge in [0.2, 0.25) is 5.91 Å². The number of ether oxygens (including phenoxy) is 2. The number of anilines is 1. The third kappa shape index (κ3) is 2.56. The fourth-order valence-corrected chi connectivity index (χ4v) is 8.46. The quantitative estimate of drug-likeness (QED) is 0.508. The number of fused-ring (bicyclic) bond motifs is 2. The van der Waals surface area contributed by atoms with Crippen molar-refractivity contribution in [3.05, 3.63) is 65.2 Å². The van der Waals surface area contributed by atoms with E-state index in [1.165, 1.54) is 12.0 Å². The number of aliphatic imine (C=N–C) groups is 1. The van der Waals surface area contributed by atoms with E-state index in [2.05, 4.69) is 34.1 Å². The molecule has 2 aromatic rings. The van der Waals surface area contributed by atoms with Gasteiger partial charge in [-0.3, -0.25) is 14.7 Å². The van der Waals surface area contributed by atoms with Gasteiger partial charge in [0.15, 0.2) is 0 Å². The minimum absolute atomic E-state index is 0.0182. The van der Waals surface area contributed by atoms with E-state index in [4.69, 9.17) is 14.5 Å². The van der Waals surface area contributed by atoms with Crippen molar-refractivity contribution in [2.75, 3.05) is 31.7 Å². The van der Waals surface area contributed by atoms with Gasteiger partial charge in [-0.25, -0.2) is 0 Å². The second kappa shape index (κ2) is 7.05. The monoisotopic (exact) mass is 467 g/mol. The van der Waals surface area contributed by atoms with Crippen molar-refractivity contribution in [2.45, 2.75) is 42.9 Å². The molecule has 5 heterocycles. The Morgan fingerprint density at radius 2 is 2.09 bits per heavy atom. The molecule has 35 heavy (non-hydrogen) atoms. The summed E-state index contributed by atoms with van der Waals surface area (Å²) in [7, 11) is 1.68. The van der Waals surface area contributed by atoms with Gasteiger partial charge in [0, 0.05) is 35.8 Å². The lowest BCUT2D eigenvalue weighted by Gasteiger charge is -2.58. The molecule has 2 bridgehead atoms. The molecule has 0 aromatic heterocycles. The number of rotatable bonds is 3. The number of carbonyl (C=O) groups is 1. The molecule has 0 unspecified atom stereocenters. The van der Waals surface area contributed by atoms with E-state index in [1.807, 2.05) is 30.5 Å². The van der Waals surface area contributed by atoms with Crippen molar-refractivity contribution >= 4 is 23.5 Å². The van der Waals surface area contributed by atoms with Crippen LogP contribution >= 0.6 is 0 Å². The average molecular weight is 468 g/mol. The van der Waals surface area contributed by atoms with E-state index in [1.54, 1.807) is 12.7 Å². The third-order valence-corrected chi connectivity index (χ3v) is 9.77. The number of hydrogen-bond donors (Lipinski definition) is 0. The summed E-state index contributed by atoms with van der Waals surface area (Å²) < 4.78 is 11.6. The lowest BCUT2D eigenvalue weighted by molar-refractivity contribution is -0.132. The summed E-state index contributed by atoms with van der Waals surface area (Å²) >= 11 is 0. The summed E-state index contributed by atoms with van der Waals surface area (Å²) in [5, 5.41) is 0. The van der Waals surface area contributed by atoms with Gasteiger partial charge in [-0.2, -0.15) is 0 Å². The predicted molar refractivity (Wildman–Crippen MR) is 134 cm³/mol. The fraction of sp³-hybridized carbons (Fsp3) is 0.448. The van der Waals surface area contributed by atoms with Crippen LogP contribution in [0.4, 0.5) is 11.4 Å². The van der Waals surface area contributed by atoms with Gasteiger partial charge in [-0.1, -0.05) is 11.6 Å². The number of benzene rings is 2. The summed E-state index contributed by atoms with van der Waals surface area (Å²) in [5.41, 5.74) is 5.98. The molecule has 1 amide bonds. The van der Waals surface area contributed by atoms with E-state index in [0.29, 0.717) is 30.9 Å². The average Bonchev–Trinajstić information content (AvgIpc) is 3.35. The van der Waals surface area contributed by atoms with Crippen LogP contribution in [-0.2, 0) is 14.9 Å². The molecule has 6 atom stereocenters. The number of nitrogens with zero attached hydrogens (tertiary/aromatic N) is 3. The Morgan fingerprint density at radius 3 is 2.94 bits per heavy atom. The van der Waals surface area contributed by atoms with Crippen molar-refractivity contribution in [3.8, 4) is 5.75 Å². The van der Waals surface area contributed by atoms with Crippen LogP contribution in [0.5, 0.6) is 5.75 Å². The maximum absolute atomic E-state index is 13.6. The molecule has 8 rings (SSSR count). The van der Waals surface area contributed by atoms with Crippen molar-refractivity contribution in [2.24, 2.45) is 16.8 Å². The Kier molecular flexibility index (Phi) is 4.08. The minimum atomic E-state index is -0.0182. The Labute approximate surface area is 205 Å². The highest BCUT2D eigenvalue weighted by molar-refractivity contribution is 5.99. The first-order chi connectivity index (χ1) is 17.2. The highest BCUT2D eigenvalue weighted by Gasteiger charge is 2.71. The second-order valence-corrected chi connectivity index (χ2v) is 11.0. The van der Waals surface area contributed by atoms with Crippen LogP contribution in [0.3, 0.4) is 0 Å². The molecule has 1 saturated carbocycles. The first-order valence-electron chi connectivity index (χ1n) is 12.9. The number of piperidine rings is 2. The molecule has 2 aromatic carbocycles. The van der Waals surface area contributed by atoms with Crippen LogP contribution in [0.2, 0.25) is 0 Å². The Hall–Kier alpha value is -2.96. The Bertz CT molecular complexity index is 1300. The summed E-state index contributed by atoms with van der Waals surface area (Å²) in [4.78, 5) is 23.3. The summed E-state index contributed by atoms with van der Waals surface area (Å²) in [5.74, 6) is 1.99. The Morgan fingerprint density at radius 1 is 1.20 bits per heavy atom. The van der Waals surface area contributed by atoms with E-state index in [-0.39, 0.29) is 23.5 Å². The number of hydrogen-bond acceptors (Lipinski definition) is 5. The topological polar surface area (TPSA) is 54.4 Å². The van der Waals surface area contributed by atoms with Gasteiger partial charge in [-0.15, -0.1) is 0 Å². The molecule has 6 aliphatic rings. The lowest BCUT2D eigenvalue weighted by atomic mass is 9.53. The molecule has 0 radical (unpaired) electrons. The van der Waals surface area contributed by atoms with Crippen molar-refractivity contribution in [3.63, 3.8) is 0 Å². The zero-order valence-electron chi connectivity index (χ0n) is 19.9. The van der Waals surface area contributed by atoms with Crippen LogP contribution in [-0.4, -0.2) is 62.0 Å². The molecule has 5 aliphatic heterocycles. The van der Waals surface area contributed by atoms with Crippen molar-refractivity contribution < 1.29 is 14.3 Å². The highest BCUT2D eigenvalue weighted by atomic mass is 16.5. The molecular weight excluding hydrogens is 438 g/mol. The maximum atomic E-state index is 13.6. The second-order valence-electron chi connectivity index (χ2n) is 11.0. The molecule has 3 saturated heterocycles. The summed E-state index contributed by atoms with van der Waals surface area (Å²) in [6, 6.07) is 15.1. The SMILES string of the molecule is COc1ccc(C=Nc2ccc3c(c2)[C@@]24CCN5CC6=CCO[C@H]7CC(=O)N3[C@H]2[C@H]7[C@H]6C[C@H]54)cc1. The number of amides is 1. The standard InChI is InChI=1S/C29H29N3O3/c1-34-20-5-2-17(3-6-20)15-30-19-4-7-23-22(12-19)29-9-10-31-16-18-8-11-35-24-14-26(33)32(23)28(29)27(24)21(18)13-25(29)31/h2-8,12,15,21,24-25,27-28H,9-11,13-14,16H2,1H3/t21-,24-,25-,27-,28-,29+/m0/s1. The summed E-state index contributed by atoms with van der Waals surface area (Å²) in [6.45, 7) is 2.81. The zero-order valence-corrected chi connectivity index (χ0v) is 19.9. The molecule has 6 nitrogen and oxygen atoms in total. The van der Waals surface area contributed by atoms with Crippen molar-refractivity contribution in [1.29, 1.82) is 0 Å². The van der Waals surface area contributed by atoms with E-state index < -0.39 is 0 Å². The number of carbonyl (C=O) groups excluding carboxylic acids is 1. The minimum Gasteiger partial charge on any atom is -0.497 e. The third-order valence-electron chi connectivity index (χ3n) is 9.77. The van der Waals surface area contributed by atoms with Crippen LogP contribution in [0.15, 0.2) is 59.1 Å². The Balaban J connectivity index is 1.25. The maximum Gasteiger partial charge on any atom is 0.229 e. The van der Waals surface area contributed by atoms with Gasteiger partial charge in [-0.05, 0) is 78.9 Å². The first kappa shape index (κ1) is 20.3. The van der Waals surface area contributed by atoms with E-state index in [0.717, 1.165) is 42.2 Å². The van der Waals surface area contributed by atoms with Crippen LogP contribution in [0.1, 0.15) is 30.4 Å². The lowest BCUT2D eigenvalue weighted by Crippen LogP contribution is -2.69. The van der Waals surface area contributed by atoms with Gasteiger partial charge < -0.3 is 14.4 Å². The molecule has 4 fully saturated rings. The van der Waals surface area contributed by atoms with Gasteiger partial charge in [0.1, 0.15) is 5.75 Å². The molecular formula is C29H29N3O3. The van der Waals surface area contributed by atoms with E-state index in [9.17, 15) is 4.79 Å². The van der Waals surface area contributed by atoms with Crippen LogP contribution < -0.4 is 9.64 Å². The van der Waals surface area contributed by atoms with Crippen LogP contribution in [0.25, 0.3) is 0 Å². The van der Waals surface area contributed by atoms with Gasteiger partial charge >= 0.3 is 0 Å². The van der Waals surface area contributed by atoms with Crippen molar-refractivity contribution in [1.82, 2.24) is 4.90 Å². The number of methoxy groups -OCH3 is 1. The molecule has 1 spiro atoms. The first-order valence-corrected chi connectivity index (χ1v) is 12.9. The van der Waals surface area contributed by atoms with Crippen LogP contribution in [0, 0.1) is 11.8 Å². The van der Waals surface area contributed by atoms with Gasteiger partial charge in [0.05, 0.1) is 38.0 Å². The summed E-state index contributed by atoms with van der Waals surface area (Å²) in [6.07, 6.45) is 7.07. The molecule has 1 aliphatic carbocycles. The zero-order chi connectivity index (χ0) is 23.3. The predicted octanol–water partition coefficient (Wildman–Crippen LogP) is 3.85. The van der Waals surface area contributed by atoms with E-state index >= 15 is 0 Å². The van der Waals surface area contributed by atoms with Gasteiger partial charge in [0.25, 0.3) is 0 Å². The molecule has 178 valence electrons. The molecule has 6 heteroatoms. The normalized spacial score (nSPS) is 36.3. The largest absolute Gasteiger partial charge is 0.497 e. The fourth-order valence-electron chi connectivity index (χ4n) is 8.46. The molecule has 0 N–H and O–H groups in total. The highest BCUT2D eigenvalue weighted by Crippen LogP contribution is 2.66. The smallest absolute Gasteiger partial charge is 0.229 e.